The van der Waals surface area contributed by atoms with E-state index in [1.165, 1.54) is 6.08 Å². The van der Waals surface area contributed by atoms with Crippen molar-refractivity contribution < 1.29 is 27.4 Å². The Kier molecular flexibility index (Phi) is 10.1. The van der Waals surface area contributed by atoms with E-state index in [-0.39, 0.29) is 24.7 Å². The molecule has 0 saturated heterocycles. The molecule has 0 radical (unpaired) electrons. The van der Waals surface area contributed by atoms with Crippen LogP contribution in [-0.2, 0) is 4.74 Å². The van der Waals surface area contributed by atoms with Crippen molar-refractivity contribution in [2.45, 2.75) is 82.9 Å². The minimum atomic E-state index is -4.02. The molecule has 0 bridgehead atoms. The highest BCUT2D eigenvalue weighted by molar-refractivity contribution is 5.21. The summed E-state index contributed by atoms with van der Waals surface area (Å²) in [4.78, 5) is 0. The summed E-state index contributed by atoms with van der Waals surface area (Å²) >= 11 is 0. The molecule has 0 amide bonds. The van der Waals surface area contributed by atoms with E-state index in [0.717, 1.165) is 44.9 Å². The summed E-state index contributed by atoms with van der Waals surface area (Å²) in [5, 5.41) is 9.10. The molecule has 24 heavy (non-hydrogen) atoms. The third kappa shape index (κ3) is 10.7. The van der Waals surface area contributed by atoms with Crippen molar-refractivity contribution in [2.24, 2.45) is 0 Å². The van der Waals surface area contributed by atoms with Gasteiger partial charge in [-0.1, -0.05) is 51.0 Å². The molecule has 0 aliphatic heterocycles. The van der Waals surface area contributed by atoms with Crippen LogP contribution >= 0.6 is 0 Å². The zero-order valence-corrected chi connectivity index (χ0v) is 14.1. The summed E-state index contributed by atoms with van der Waals surface area (Å²) < 4.78 is 54.5. The number of aliphatic hydroxyl groups excluding tert-OH is 1. The maximum atomic E-state index is 13.2. The number of halogens is 4. The van der Waals surface area contributed by atoms with Gasteiger partial charge >= 0.3 is 6.18 Å². The van der Waals surface area contributed by atoms with Crippen LogP contribution < -0.4 is 0 Å². The van der Waals surface area contributed by atoms with E-state index >= 15 is 0 Å². The van der Waals surface area contributed by atoms with Crippen LogP contribution in [0.5, 0.6) is 0 Å². The lowest BCUT2D eigenvalue weighted by molar-refractivity contribution is -0.135. The number of ether oxygens (including phenoxy) is 1. The Hall–Kier alpha value is -1.04. The van der Waals surface area contributed by atoms with Crippen molar-refractivity contribution in [1.82, 2.24) is 0 Å². The van der Waals surface area contributed by atoms with Crippen LogP contribution in [0, 0.1) is 0 Å². The minimum Gasteiger partial charge on any atom is -0.505 e. The van der Waals surface area contributed by atoms with Gasteiger partial charge < -0.3 is 9.84 Å². The highest BCUT2D eigenvalue weighted by Crippen LogP contribution is 2.23. The van der Waals surface area contributed by atoms with E-state index in [0.29, 0.717) is 13.0 Å². The van der Waals surface area contributed by atoms with Gasteiger partial charge in [0.1, 0.15) is 11.6 Å². The van der Waals surface area contributed by atoms with Gasteiger partial charge in [0.05, 0.1) is 6.10 Å². The molecule has 6 heteroatoms. The van der Waals surface area contributed by atoms with Crippen LogP contribution in [0.1, 0.15) is 70.6 Å². The maximum Gasteiger partial charge on any atom is 0.389 e. The molecule has 0 spiro atoms. The number of allylic oxidation sites excluding steroid dienone is 1. The Morgan fingerprint density at radius 2 is 1.50 bits per heavy atom. The monoisotopic (exact) mass is 352 g/mol. The highest BCUT2D eigenvalue weighted by atomic mass is 19.4. The summed E-state index contributed by atoms with van der Waals surface area (Å²) in [5.41, 5.74) is 0. The fourth-order valence-corrected chi connectivity index (χ4v) is 2.65. The van der Waals surface area contributed by atoms with Crippen molar-refractivity contribution in [3.63, 3.8) is 0 Å². The molecule has 0 aromatic carbocycles. The van der Waals surface area contributed by atoms with Crippen molar-refractivity contribution in [2.75, 3.05) is 6.61 Å². The fraction of sp³-hybridized carbons (Fsp3) is 0.778. The van der Waals surface area contributed by atoms with Gasteiger partial charge in [-0.05, 0) is 18.9 Å². The second kappa shape index (κ2) is 11.5. The van der Waals surface area contributed by atoms with Crippen LogP contribution in [-0.4, -0.2) is 24.0 Å². The van der Waals surface area contributed by atoms with E-state index in [9.17, 15) is 17.6 Å². The number of rotatable bonds is 12. The third-order valence-electron chi connectivity index (χ3n) is 4.06. The summed E-state index contributed by atoms with van der Waals surface area (Å²) in [6.07, 6.45) is 6.07. The van der Waals surface area contributed by atoms with Crippen LogP contribution in [0.4, 0.5) is 17.6 Å². The molecule has 0 aromatic rings. The topological polar surface area (TPSA) is 29.5 Å². The number of hydrogen-bond donors (Lipinski definition) is 1. The first-order chi connectivity index (χ1) is 11.4. The number of hydrogen-bond acceptors (Lipinski definition) is 2. The summed E-state index contributed by atoms with van der Waals surface area (Å²) in [7, 11) is 0. The predicted molar refractivity (Wildman–Crippen MR) is 86.5 cm³/mol. The molecule has 1 aliphatic rings. The first-order valence-corrected chi connectivity index (χ1v) is 8.82. The molecule has 0 fully saturated rings. The van der Waals surface area contributed by atoms with Gasteiger partial charge in [-0.15, -0.1) is 0 Å². The second-order valence-corrected chi connectivity index (χ2v) is 6.31. The molecule has 0 unspecified atom stereocenters. The molecular formula is C18H28F4O2. The fourth-order valence-electron chi connectivity index (χ4n) is 2.65. The molecule has 0 aromatic heterocycles. The largest absolute Gasteiger partial charge is 0.505 e. The van der Waals surface area contributed by atoms with Gasteiger partial charge in [0.15, 0.2) is 0 Å². The lowest BCUT2D eigenvalue weighted by Crippen LogP contribution is -2.14. The normalized spacial score (nSPS) is 18.4. The SMILES string of the molecule is OC1=C(F)C[C@@H](OCCCCCCCCCCCC(F)(F)F)C=C1. The van der Waals surface area contributed by atoms with Crippen LogP contribution in [0.3, 0.4) is 0 Å². The zero-order valence-electron chi connectivity index (χ0n) is 14.1. The maximum absolute atomic E-state index is 13.2. The third-order valence-corrected chi connectivity index (χ3v) is 4.06. The average Bonchev–Trinajstić information content (AvgIpc) is 2.50. The van der Waals surface area contributed by atoms with Crippen molar-refractivity contribution in [3.8, 4) is 0 Å². The first kappa shape index (κ1) is 21.0. The molecule has 2 nitrogen and oxygen atoms in total. The first-order valence-electron chi connectivity index (χ1n) is 8.82. The molecule has 0 heterocycles. The van der Waals surface area contributed by atoms with E-state index in [1.807, 2.05) is 0 Å². The van der Waals surface area contributed by atoms with Crippen molar-refractivity contribution in [1.29, 1.82) is 0 Å². The molecule has 1 N–H and O–H groups in total. The van der Waals surface area contributed by atoms with Gasteiger partial charge in [0.25, 0.3) is 0 Å². The molecule has 1 aliphatic carbocycles. The van der Waals surface area contributed by atoms with E-state index in [1.54, 1.807) is 6.08 Å². The molecule has 1 atom stereocenters. The van der Waals surface area contributed by atoms with Gasteiger partial charge in [0.2, 0.25) is 0 Å². The molecule has 0 saturated carbocycles. The lowest BCUT2D eigenvalue weighted by atomic mass is 10.1. The Morgan fingerprint density at radius 1 is 0.958 bits per heavy atom. The van der Waals surface area contributed by atoms with Gasteiger partial charge in [-0.3, -0.25) is 0 Å². The zero-order chi connectivity index (χ0) is 17.8. The van der Waals surface area contributed by atoms with E-state index < -0.39 is 18.4 Å². The average molecular weight is 352 g/mol. The second-order valence-electron chi connectivity index (χ2n) is 6.31. The Balaban J connectivity index is 1.82. The van der Waals surface area contributed by atoms with Crippen LogP contribution in [0.15, 0.2) is 23.7 Å². The lowest BCUT2D eigenvalue weighted by Gasteiger charge is -2.16. The van der Waals surface area contributed by atoms with E-state index in [4.69, 9.17) is 9.84 Å². The standard InChI is InChI=1S/C18H28F4O2/c19-16-14-15(10-11-17(16)23)24-13-9-7-5-3-1-2-4-6-8-12-18(20,21)22/h10-11,15,23H,1-9,12-14H2/t15-/m0/s1. The van der Waals surface area contributed by atoms with Gasteiger partial charge in [-0.25, -0.2) is 4.39 Å². The number of alkyl halides is 3. The number of unbranched alkanes of at least 4 members (excludes halogenated alkanes) is 8. The quantitative estimate of drug-likeness (QED) is 0.319. The molecule has 1 rings (SSSR count). The van der Waals surface area contributed by atoms with Crippen LogP contribution in [0.25, 0.3) is 0 Å². The Labute approximate surface area is 141 Å². The molecular weight excluding hydrogens is 324 g/mol. The smallest absolute Gasteiger partial charge is 0.389 e. The van der Waals surface area contributed by atoms with Crippen LogP contribution in [0.2, 0.25) is 0 Å². The highest BCUT2D eigenvalue weighted by Gasteiger charge is 2.25. The Morgan fingerprint density at radius 3 is 2.04 bits per heavy atom. The molecule has 140 valence electrons. The van der Waals surface area contributed by atoms with Gasteiger partial charge in [-0.2, -0.15) is 13.2 Å². The summed E-state index contributed by atoms with van der Waals surface area (Å²) in [6.45, 7) is 0.570. The Bertz CT molecular complexity index is 402. The van der Waals surface area contributed by atoms with E-state index in [2.05, 4.69) is 0 Å². The summed E-state index contributed by atoms with van der Waals surface area (Å²) in [5.74, 6) is -0.842. The van der Waals surface area contributed by atoms with Gasteiger partial charge in [0, 0.05) is 19.4 Å². The summed E-state index contributed by atoms with van der Waals surface area (Å²) in [6, 6.07) is 0. The number of aliphatic hydroxyl groups is 1. The minimum absolute atomic E-state index is 0.0939. The van der Waals surface area contributed by atoms with Crippen molar-refractivity contribution >= 4 is 0 Å². The predicted octanol–water partition coefficient (Wildman–Crippen LogP) is 6.53. The van der Waals surface area contributed by atoms with Crippen molar-refractivity contribution in [3.05, 3.63) is 23.7 Å².